The van der Waals surface area contributed by atoms with Gasteiger partial charge in [0.05, 0.1) is 25.3 Å². The van der Waals surface area contributed by atoms with E-state index in [9.17, 15) is 4.79 Å². The Labute approximate surface area is 112 Å². The van der Waals surface area contributed by atoms with Gasteiger partial charge < -0.3 is 9.64 Å². The van der Waals surface area contributed by atoms with Gasteiger partial charge in [0, 0.05) is 24.8 Å². The van der Waals surface area contributed by atoms with Crippen LogP contribution in [0.5, 0.6) is 0 Å². The van der Waals surface area contributed by atoms with E-state index in [2.05, 4.69) is 16.3 Å². The summed E-state index contributed by atoms with van der Waals surface area (Å²) in [7, 11) is 1.38. The van der Waals surface area contributed by atoms with Gasteiger partial charge in [-0.25, -0.2) is 4.79 Å². The lowest BCUT2D eigenvalue weighted by Gasteiger charge is -2.19. The summed E-state index contributed by atoms with van der Waals surface area (Å²) in [6, 6.07) is 9.86. The molecule has 1 heterocycles. The zero-order valence-corrected chi connectivity index (χ0v) is 10.9. The lowest BCUT2D eigenvalue weighted by Crippen LogP contribution is -2.32. The molecule has 0 saturated carbocycles. The molecule has 1 fully saturated rings. The van der Waals surface area contributed by atoms with Gasteiger partial charge >= 0.3 is 5.97 Å². The summed E-state index contributed by atoms with van der Waals surface area (Å²) in [6.45, 7) is 2.15. The predicted octanol–water partition coefficient (Wildman–Crippen LogP) is 1.17. The van der Waals surface area contributed by atoms with E-state index in [0.29, 0.717) is 18.2 Å². The van der Waals surface area contributed by atoms with Crippen LogP contribution in [0.1, 0.15) is 16.8 Å². The zero-order valence-electron chi connectivity index (χ0n) is 10.9. The number of anilines is 1. The van der Waals surface area contributed by atoms with Crippen LogP contribution in [-0.4, -0.2) is 38.8 Å². The van der Waals surface area contributed by atoms with Crippen molar-refractivity contribution < 1.29 is 9.53 Å². The summed E-state index contributed by atoms with van der Waals surface area (Å²) < 4.78 is 4.72. The van der Waals surface area contributed by atoms with Crippen LogP contribution in [0.15, 0.2) is 24.3 Å². The average Bonchev–Trinajstić information content (AvgIpc) is 2.93. The van der Waals surface area contributed by atoms with Gasteiger partial charge in [-0.1, -0.05) is 6.07 Å². The van der Waals surface area contributed by atoms with Crippen LogP contribution in [0, 0.1) is 11.3 Å². The van der Waals surface area contributed by atoms with Crippen LogP contribution in [0.3, 0.4) is 0 Å². The Morgan fingerprint density at radius 1 is 1.63 bits per heavy atom. The van der Waals surface area contributed by atoms with Gasteiger partial charge in [-0.2, -0.15) is 5.26 Å². The molecule has 1 aromatic carbocycles. The molecule has 2 rings (SSSR count). The van der Waals surface area contributed by atoms with E-state index in [1.807, 2.05) is 18.2 Å². The molecule has 1 aliphatic heterocycles. The van der Waals surface area contributed by atoms with Gasteiger partial charge in [0.1, 0.15) is 0 Å². The number of ether oxygens (including phenoxy) is 1. The van der Waals surface area contributed by atoms with Crippen molar-refractivity contribution in [3.8, 4) is 6.07 Å². The minimum Gasteiger partial charge on any atom is -0.465 e. The average molecular weight is 259 g/mol. The van der Waals surface area contributed by atoms with Crippen LogP contribution in [0.25, 0.3) is 0 Å². The predicted molar refractivity (Wildman–Crippen MR) is 72.0 cm³/mol. The molecule has 0 aliphatic carbocycles. The summed E-state index contributed by atoms with van der Waals surface area (Å²) >= 11 is 0. The SMILES string of the molecule is COC(=O)c1cccc(N2CCC(NCC#N)C2)c1. The molecular weight excluding hydrogens is 242 g/mol. The number of hydrogen-bond acceptors (Lipinski definition) is 5. The molecule has 1 unspecified atom stereocenters. The highest BCUT2D eigenvalue weighted by Crippen LogP contribution is 2.21. The van der Waals surface area contributed by atoms with Crippen molar-refractivity contribution in [2.75, 3.05) is 31.6 Å². The quantitative estimate of drug-likeness (QED) is 0.649. The Kier molecular flexibility index (Phi) is 4.37. The number of nitrogens with one attached hydrogen (secondary N) is 1. The summed E-state index contributed by atoms with van der Waals surface area (Å²) in [5, 5.41) is 11.7. The highest BCUT2D eigenvalue weighted by atomic mass is 16.5. The summed E-state index contributed by atoms with van der Waals surface area (Å²) in [5.41, 5.74) is 1.58. The fourth-order valence-corrected chi connectivity index (χ4v) is 2.30. The van der Waals surface area contributed by atoms with Gasteiger partial charge in [-0.15, -0.1) is 0 Å². The Morgan fingerprint density at radius 2 is 2.47 bits per heavy atom. The number of hydrogen-bond donors (Lipinski definition) is 1. The number of methoxy groups -OCH3 is 1. The van der Waals surface area contributed by atoms with Gasteiger partial charge in [-0.05, 0) is 24.6 Å². The normalized spacial score (nSPS) is 18.1. The number of carbonyl (C=O) groups is 1. The first-order valence-electron chi connectivity index (χ1n) is 6.28. The Hall–Kier alpha value is -2.06. The molecule has 0 bridgehead atoms. The number of nitriles is 1. The first-order valence-corrected chi connectivity index (χ1v) is 6.28. The first kappa shape index (κ1) is 13.4. The molecule has 1 aliphatic rings. The maximum absolute atomic E-state index is 11.5. The zero-order chi connectivity index (χ0) is 13.7. The standard InChI is InChI=1S/C14H17N3O2/c1-19-14(18)11-3-2-4-13(9-11)17-8-5-12(10-17)16-7-6-15/h2-4,9,12,16H,5,7-8,10H2,1H3. The number of benzene rings is 1. The molecule has 1 N–H and O–H groups in total. The molecule has 0 amide bonds. The van der Waals surface area contributed by atoms with Crippen LogP contribution in [0.2, 0.25) is 0 Å². The molecule has 0 aromatic heterocycles. The molecule has 0 radical (unpaired) electrons. The molecule has 1 saturated heterocycles. The van der Waals surface area contributed by atoms with Gasteiger partial charge in [0.2, 0.25) is 0 Å². The van der Waals surface area contributed by atoms with Crippen molar-refractivity contribution >= 4 is 11.7 Å². The van der Waals surface area contributed by atoms with Crippen molar-refractivity contribution in [2.45, 2.75) is 12.5 Å². The fraction of sp³-hybridized carbons (Fsp3) is 0.429. The lowest BCUT2D eigenvalue weighted by molar-refractivity contribution is 0.0601. The molecular formula is C14H17N3O2. The molecule has 100 valence electrons. The van der Waals surface area contributed by atoms with E-state index < -0.39 is 0 Å². The fourth-order valence-electron chi connectivity index (χ4n) is 2.30. The summed E-state index contributed by atoms with van der Waals surface area (Å²) in [4.78, 5) is 13.7. The molecule has 5 heteroatoms. The van der Waals surface area contributed by atoms with E-state index >= 15 is 0 Å². The molecule has 1 atom stereocenters. The Bertz CT molecular complexity index is 496. The maximum atomic E-state index is 11.5. The number of carbonyl (C=O) groups excluding carboxylic acids is 1. The van der Waals surface area contributed by atoms with E-state index in [0.717, 1.165) is 25.2 Å². The number of rotatable bonds is 4. The third kappa shape index (κ3) is 3.24. The van der Waals surface area contributed by atoms with Crippen molar-refractivity contribution in [1.82, 2.24) is 5.32 Å². The molecule has 1 aromatic rings. The minimum atomic E-state index is -0.319. The van der Waals surface area contributed by atoms with Crippen LogP contribution in [-0.2, 0) is 4.74 Å². The third-order valence-electron chi connectivity index (χ3n) is 3.29. The second kappa shape index (κ2) is 6.21. The van der Waals surface area contributed by atoms with Gasteiger partial charge in [-0.3, -0.25) is 5.32 Å². The van der Waals surface area contributed by atoms with E-state index in [4.69, 9.17) is 10.00 Å². The first-order chi connectivity index (χ1) is 9.24. The molecule has 19 heavy (non-hydrogen) atoms. The minimum absolute atomic E-state index is 0.319. The van der Waals surface area contributed by atoms with Gasteiger partial charge in [0.25, 0.3) is 0 Å². The van der Waals surface area contributed by atoms with Crippen LogP contribution in [0.4, 0.5) is 5.69 Å². The largest absolute Gasteiger partial charge is 0.465 e. The number of nitrogens with zero attached hydrogens (tertiary/aromatic N) is 2. The maximum Gasteiger partial charge on any atom is 0.337 e. The van der Waals surface area contributed by atoms with Crippen molar-refractivity contribution in [2.24, 2.45) is 0 Å². The van der Waals surface area contributed by atoms with Crippen LogP contribution >= 0.6 is 0 Å². The number of esters is 1. The van der Waals surface area contributed by atoms with E-state index in [1.165, 1.54) is 7.11 Å². The van der Waals surface area contributed by atoms with E-state index in [1.54, 1.807) is 6.07 Å². The monoisotopic (exact) mass is 259 g/mol. The topological polar surface area (TPSA) is 65.4 Å². The lowest BCUT2D eigenvalue weighted by atomic mass is 10.2. The summed E-state index contributed by atoms with van der Waals surface area (Å²) in [5.74, 6) is -0.319. The Morgan fingerprint density at radius 3 is 3.21 bits per heavy atom. The Balaban J connectivity index is 2.03. The van der Waals surface area contributed by atoms with Crippen molar-refractivity contribution in [1.29, 1.82) is 5.26 Å². The highest BCUT2D eigenvalue weighted by molar-refractivity contribution is 5.90. The summed E-state index contributed by atoms with van der Waals surface area (Å²) in [6.07, 6.45) is 1.00. The van der Waals surface area contributed by atoms with E-state index in [-0.39, 0.29) is 5.97 Å². The molecule has 0 spiro atoms. The highest BCUT2D eigenvalue weighted by Gasteiger charge is 2.22. The van der Waals surface area contributed by atoms with Crippen molar-refractivity contribution in [3.63, 3.8) is 0 Å². The molecule has 5 nitrogen and oxygen atoms in total. The second-order valence-corrected chi connectivity index (χ2v) is 4.51. The third-order valence-corrected chi connectivity index (χ3v) is 3.29. The smallest absolute Gasteiger partial charge is 0.337 e. The van der Waals surface area contributed by atoms with Gasteiger partial charge in [0.15, 0.2) is 0 Å². The van der Waals surface area contributed by atoms with Crippen LogP contribution < -0.4 is 10.2 Å². The second-order valence-electron chi connectivity index (χ2n) is 4.51. The van der Waals surface area contributed by atoms with Crippen molar-refractivity contribution in [3.05, 3.63) is 29.8 Å².